The average molecular weight is 522 g/mol. The summed E-state index contributed by atoms with van der Waals surface area (Å²) in [5, 5.41) is 27.3. The zero-order valence-electron chi connectivity index (χ0n) is 17.2. The second kappa shape index (κ2) is 11.9. The molecule has 0 saturated carbocycles. The predicted molar refractivity (Wildman–Crippen MR) is 116 cm³/mol. The van der Waals surface area contributed by atoms with Gasteiger partial charge in [0.05, 0.1) is 11.7 Å². The number of hydrogen-bond acceptors (Lipinski definition) is 12. The molecule has 0 aromatic carbocycles. The number of oxime groups is 1. The van der Waals surface area contributed by atoms with Crippen LogP contribution in [0.15, 0.2) is 33.8 Å². The third-order valence-corrected chi connectivity index (χ3v) is 7.34. The third-order valence-electron chi connectivity index (χ3n) is 4.11. The van der Waals surface area contributed by atoms with E-state index in [1.807, 2.05) is 0 Å². The minimum Gasteiger partial charge on any atom is -0.543 e. The second-order valence-electron chi connectivity index (χ2n) is 6.20. The normalized spacial score (nSPS) is 19.7. The fourth-order valence-corrected chi connectivity index (χ4v) is 5.73. The number of β-lactam (4-membered cyclic amide) rings is 1. The molecule has 170 valence electrons. The van der Waals surface area contributed by atoms with Crippen LogP contribution >= 0.6 is 34.9 Å². The van der Waals surface area contributed by atoms with Crippen LogP contribution < -0.4 is 45.7 Å². The number of amides is 2. The number of nitrogens with one attached hydrogen (secondary N) is 1. The first-order valence-corrected chi connectivity index (χ1v) is 11.7. The van der Waals surface area contributed by atoms with Crippen LogP contribution in [0.2, 0.25) is 0 Å². The molecule has 4 N–H and O–H groups in total. The summed E-state index contributed by atoms with van der Waals surface area (Å²) in [5.41, 5.74) is 5.02. The van der Waals surface area contributed by atoms with Crippen molar-refractivity contribution >= 4 is 69.5 Å². The molecule has 2 amide bonds. The van der Waals surface area contributed by atoms with Crippen LogP contribution in [0, 0.1) is 0 Å². The van der Waals surface area contributed by atoms with Gasteiger partial charge in [-0.25, -0.2) is 9.78 Å². The summed E-state index contributed by atoms with van der Waals surface area (Å²) < 4.78 is 0. The van der Waals surface area contributed by atoms with Crippen molar-refractivity contribution in [1.82, 2.24) is 15.2 Å². The number of aliphatic carboxylic acids is 2. The second-order valence-corrected chi connectivity index (χ2v) is 9.31. The Morgan fingerprint density at radius 3 is 2.82 bits per heavy atom. The SMILES string of the molecule is C=CCSC1=C(C(=O)[O-])N2C(=O)[C@@H](NC(=O)/C(=N\OCC(=O)O)c3csc(N)n3)[C@@H]2SC1.[Na+]. The molecular formula is C17H16N5NaO7S3. The summed E-state index contributed by atoms with van der Waals surface area (Å²) in [6.45, 7) is 2.79. The van der Waals surface area contributed by atoms with Gasteiger partial charge in [0.2, 0.25) is 6.61 Å². The Morgan fingerprint density at radius 2 is 2.24 bits per heavy atom. The smallest absolute Gasteiger partial charge is 0.543 e. The molecule has 0 aliphatic carbocycles. The minimum atomic E-state index is -1.48. The maximum atomic E-state index is 12.8. The number of carboxylic acids is 2. The monoisotopic (exact) mass is 521 g/mol. The number of rotatable bonds is 10. The van der Waals surface area contributed by atoms with Gasteiger partial charge in [-0.15, -0.1) is 41.4 Å². The molecular weight excluding hydrogens is 505 g/mol. The van der Waals surface area contributed by atoms with E-state index < -0.39 is 41.8 Å². The number of carbonyl (C=O) groups is 4. The van der Waals surface area contributed by atoms with E-state index in [0.717, 1.165) is 16.2 Å². The summed E-state index contributed by atoms with van der Waals surface area (Å²) in [6, 6.07) is -1.03. The maximum absolute atomic E-state index is 12.8. The molecule has 1 saturated heterocycles. The van der Waals surface area contributed by atoms with E-state index in [0.29, 0.717) is 16.4 Å². The van der Waals surface area contributed by atoms with Crippen molar-refractivity contribution in [2.24, 2.45) is 5.16 Å². The minimum absolute atomic E-state index is 0. The standard InChI is InChI=1S/C17H17N5O7S3.Na/c1-2-3-30-8-6-31-15-11(14(26)22(15)12(8)16(27)28)20-13(25)10(21-29-4-9(23)24)7-5-32-17(18)19-7;/h2,5,11,15H,1,3-4,6H2,(H2,18,19)(H,20,25)(H,23,24)(H,27,28);/q;+1/p-1/b21-10-;/t11-,15+;/m1./s1. The molecule has 3 rings (SSSR count). The first kappa shape index (κ1) is 27.2. The first-order chi connectivity index (χ1) is 15.2. The van der Waals surface area contributed by atoms with Crippen LogP contribution in [0.4, 0.5) is 5.13 Å². The number of nitrogens with two attached hydrogens (primary N) is 1. The topological polar surface area (TPSA) is 187 Å². The van der Waals surface area contributed by atoms with Crippen LogP contribution in [0.1, 0.15) is 5.69 Å². The fraction of sp³-hybridized carbons (Fsp3) is 0.294. The van der Waals surface area contributed by atoms with Gasteiger partial charge in [0, 0.05) is 21.8 Å². The van der Waals surface area contributed by atoms with Crippen molar-refractivity contribution in [2.75, 3.05) is 23.8 Å². The molecule has 33 heavy (non-hydrogen) atoms. The summed E-state index contributed by atoms with van der Waals surface area (Å²) in [4.78, 5) is 57.9. The number of hydrogen-bond donors (Lipinski definition) is 3. The van der Waals surface area contributed by atoms with Crippen molar-refractivity contribution in [3.05, 3.63) is 34.3 Å². The number of aromatic nitrogens is 1. The Hall–Kier alpha value is -2.04. The molecule has 2 atom stereocenters. The number of nitrogens with zero attached hydrogens (tertiary/aromatic N) is 3. The van der Waals surface area contributed by atoms with Crippen LogP contribution in [0.5, 0.6) is 0 Å². The number of thiazole rings is 1. The fourth-order valence-electron chi connectivity index (χ4n) is 2.81. The largest absolute Gasteiger partial charge is 1.00 e. The maximum Gasteiger partial charge on any atom is 1.00 e. The van der Waals surface area contributed by atoms with Gasteiger partial charge in [-0.05, 0) is 0 Å². The Morgan fingerprint density at radius 1 is 1.52 bits per heavy atom. The van der Waals surface area contributed by atoms with Gasteiger partial charge in [0.1, 0.15) is 17.1 Å². The molecule has 12 nitrogen and oxygen atoms in total. The van der Waals surface area contributed by atoms with Crippen molar-refractivity contribution in [3.8, 4) is 0 Å². The number of carboxylic acid groups (broad SMARTS) is 2. The molecule has 16 heteroatoms. The van der Waals surface area contributed by atoms with Gasteiger partial charge in [-0.3, -0.25) is 14.5 Å². The molecule has 1 aromatic heterocycles. The molecule has 0 radical (unpaired) electrons. The molecule has 0 bridgehead atoms. The van der Waals surface area contributed by atoms with E-state index in [1.165, 1.54) is 28.9 Å². The number of thioether (sulfide) groups is 2. The van der Waals surface area contributed by atoms with Gasteiger partial charge in [-0.1, -0.05) is 11.2 Å². The molecule has 0 spiro atoms. The van der Waals surface area contributed by atoms with Gasteiger partial charge < -0.3 is 30.9 Å². The Balaban J connectivity index is 0.00000385. The van der Waals surface area contributed by atoms with Crippen LogP contribution in [-0.2, 0) is 24.0 Å². The van der Waals surface area contributed by atoms with E-state index in [9.17, 15) is 24.3 Å². The zero-order chi connectivity index (χ0) is 23.4. The van der Waals surface area contributed by atoms with Crippen molar-refractivity contribution in [2.45, 2.75) is 11.4 Å². The van der Waals surface area contributed by atoms with Gasteiger partial charge in [0.25, 0.3) is 11.8 Å². The molecule has 1 aromatic rings. The van der Waals surface area contributed by atoms with E-state index in [-0.39, 0.29) is 51.8 Å². The Labute approximate surface area is 222 Å². The van der Waals surface area contributed by atoms with E-state index >= 15 is 0 Å². The van der Waals surface area contributed by atoms with Crippen molar-refractivity contribution in [1.29, 1.82) is 0 Å². The quantitative estimate of drug-likeness (QED) is 0.0891. The molecule has 2 aliphatic rings. The Bertz CT molecular complexity index is 1040. The molecule has 0 unspecified atom stereocenters. The summed E-state index contributed by atoms with van der Waals surface area (Å²) in [5.74, 6) is -3.50. The Kier molecular flexibility index (Phi) is 9.81. The van der Waals surface area contributed by atoms with E-state index in [2.05, 4.69) is 26.9 Å². The van der Waals surface area contributed by atoms with Gasteiger partial charge >= 0.3 is 35.5 Å². The predicted octanol–water partition coefficient (Wildman–Crippen LogP) is -4.18. The third kappa shape index (κ3) is 6.10. The molecule has 3 heterocycles. The van der Waals surface area contributed by atoms with Crippen molar-refractivity contribution < 1.29 is 63.8 Å². The number of fused-ring (bicyclic) bond motifs is 1. The molecule has 2 aliphatic heterocycles. The van der Waals surface area contributed by atoms with Crippen LogP contribution in [0.25, 0.3) is 0 Å². The van der Waals surface area contributed by atoms with Crippen LogP contribution in [0.3, 0.4) is 0 Å². The van der Waals surface area contributed by atoms with Crippen LogP contribution in [-0.4, -0.2) is 74.0 Å². The average Bonchev–Trinajstić information content (AvgIpc) is 3.17. The number of anilines is 1. The van der Waals surface area contributed by atoms with Crippen molar-refractivity contribution in [3.63, 3.8) is 0 Å². The number of nitrogen functional groups attached to an aromatic ring is 1. The summed E-state index contributed by atoms with van der Waals surface area (Å²) in [7, 11) is 0. The zero-order valence-corrected chi connectivity index (χ0v) is 21.6. The van der Waals surface area contributed by atoms with E-state index in [4.69, 9.17) is 10.8 Å². The first-order valence-electron chi connectivity index (χ1n) is 8.81. The summed E-state index contributed by atoms with van der Waals surface area (Å²) in [6.07, 6.45) is 1.61. The van der Waals surface area contributed by atoms with Gasteiger partial charge in [-0.2, -0.15) is 0 Å². The number of carbonyl (C=O) groups excluding carboxylic acids is 3. The summed E-state index contributed by atoms with van der Waals surface area (Å²) >= 11 is 3.55. The molecule has 1 fully saturated rings. The van der Waals surface area contributed by atoms with Gasteiger partial charge in [0.15, 0.2) is 10.8 Å². The van der Waals surface area contributed by atoms with E-state index in [1.54, 1.807) is 6.08 Å².